The van der Waals surface area contributed by atoms with Gasteiger partial charge in [0.25, 0.3) is 0 Å². The molecule has 0 amide bonds. The molecule has 1 aliphatic heterocycles. The van der Waals surface area contributed by atoms with Crippen LogP contribution in [0.15, 0.2) is 11.6 Å². The maximum atomic E-state index is 14.1. The van der Waals surface area contributed by atoms with Crippen molar-refractivity contribution in [3.63, 3.8) is 0 Å². The van der Waals surface area contributed by atoms with Gasteiger partial charge in [0.2, 0.25) is 5.60 Å². The lowest BCUT2D eigenvalue weighted by Gasteiger charge is -2.64. The summed E-state index contributed by atoms with van der Waals surface area (Å²) >= 11 is 0. The number of methoxy groups -OCH3 is 2. The quantitative estimate of drug-likeness (QED) is 0.176. The molecule has 4 rings (SSSR count). The first-order chi connectivity index (χ1) is 17.5. The molecule has 0 radical (unpaired) electrons. The number of carbonyl (C=O) groups excluding carboxylic acids is 5. The van der Waals surface area contributed by atoms with Crippen LogP contribution in [0.5, 0.6) is 0 Å². The fourth-order valence-electron chi connectivity index (χ4n) is 8.83. The second-order valence-electron chi connectivity index (χ2n) is 12.9. The zero-order chi connectivity index (χ0) is 28.7. The Morgan fingerprint density at radius 2 is 1.63 bits per heavy atom. The molecule has 0 spiro atoms. The lowest BCUT2D eigenvalue weighted by atomic mass is 9.38. The summed E-state index contributed by atoms with van der Waals surface area (Å²) in [5.74, 6) is -3.57. The average molecular weight is 533 g/mol. The molecule has 3 fully saturated rings. The molecule has 9 heteroatoms. The predicted molar refractivity (Wildman–Crippen MR) is 135 cm³/mol. The number of carbonyl (C=O) groups is 5. The molecule has 0 aromatic rings. The first-order valence-electron chi connectivity index (χ1n) is 13.2. The Balaban J connectivity index is 1.99. The summed E-state index contributed by atoms with van der Waals surface area (Å²) in [6.07, 6.45) is 4.38. The van der Waals surface area contributed by atoms with E-state index in [4.69, 9.17) is 18.9 Å². The molecule has 0 aromatic heterocycles. The van der Waals surface area contributed by atoms with Crippen LogP contribution in [0.3, 0.4) is 0 Å². The molecule has 3 aliphatic carbocycles. The van der Waals surface area contributed by atoms with Crippen LogP contribution >= 0.6 is 0 Å². The smallest absolute Gasteiger partial charge is 0.345 e. The summed E-state index contributed by atoms with van der Waals surface area (Å²) < 4.78 is 22.3. The summed E-state index contributed by atoms with van der Waals surface area (Å²) in [7, 11) is 2.46. The predicted octanol–water partition coefficient (Wildman–Crippen LogP) is 3.36. The molecule has 210 valence electrons. The number of fused-ring (bicyclic) bond motifs is 4. The van der Waals surface area contributed by atoms with Crippen molar-refractivity contribution in [2.24, 2.45) is 33.5 Å². The summed E-state index contributed by atoms with van der Waals surface area (Å²) in [6, 6.07) is 0. The standard InChI is InChI=1S/C29H40O9/c1-16(31)37-19-11-13-29(15-30)17(24(19,2)3)10-12-25(4)18(29)14-26(5)27(6,20(25)21(32)35-8)22(33)28(7,38-26)23(34)36-9/h14-15,17,19-20H,10-13H2,1-9H3/t17-,19-,20+,25+,26-,27-,28-,29+/m0/s1. The molecule has 2 saturated carbocycles. The summed E-state index contributed by atoms with van der Waals surface area (Å²) in [4.78, 5) is 65.8. The van der Waals surface area contributed by atoms with Gasteiger partial charge in [-0.05, 0) is 52.4 Å². The number of esters is 3. The third-order valence-electron chi connectivity index (χ3n) is 10.8. The number of aldehydes is 1. The van der Waals surface area contributed by atoms with E-state index >= 15 is 0 Å². The van der Waals surface area contributed by atoms with Crippen LogP contribution in [0.25, 0.3) is 0 Å². The van der Waals surface area contributed by atoms with E-state index in [1.54, 1.807) is 13.8 Å². The highest BCUT2D eigenvalue weighted by Gasteiger charge is 2.78. The number of hydrogen-bond donors (Lipinski definition) is 0. The monoisotopic (exact) mass is 532 g/mol. The molecule has 9 nitrogen and oxygen atoms in total. The number of ether oxygens (including phenoxy) is 4. The van der Waals surface area contributed by atoms with Crippen molar-refractivity contribution in [2.45, 2.75) is 91.5 Å². The van der Waals surface area contributed by atoms with Crippen LogP contribution in [0.1, 0.15) is 74.1 Å². The number of hydrogen-bond acceptors (Lipinski definition) is 9. The van der Waals surface area contributed by atoms with E-state index in [-0.39, 0.29) is 18.0 Å². The Hall–Kier alpha value is -2.55. The largest absolute Gasteiger partial charge is 0.469 e. The molecule has 8 atom stereocenters. The topological polar surface area (TPSA) is 122 Å². The van der Waals surface area contributed by atoms with E-state index in [9.17, 15) is 24.0 Å². The van der Waals surface area contributed by atoms with Gasteiger partial charge >= 0.3 is 17.9 Å². The van der Waals surface area contributed by atoms with Crippen LogP contribution in [0, 0.1) is 33.5 Å². The van der Waals surface area contributed by atoms with E-state index in [2.05, 4.69) is 0 Å². The Kier molecular flexibility index (Phi) is 6.35. The van der Waals surface area contributed by atoms with E-state index in [1.165, 1.54) is 28.1 Å². The molecule has 4 aliphatic rings. The van der Waals surface area contributed by atoms with Crippen molar-refractivity contribution in [1.82, 2.24) is 0 Å². The van der Waals surface area contributed by atoms with Gasteiger partial charge in [0.1, 0.15) is 12.4 Å². The highest BCUT2D eigenvalue weighted by molar-refractivity contribution is 6.13. The van der Waals surface area contributed by atoms with Crippen molar-refractivity contribution in [3.8, 4) is 0 Å². The van der Waals surface area contributed by atoms with Gasteiger partial charge in [-0.3, -0.25) is 14.4 Å². The molecule has 38 heavy (non-hydrogen) atoms. The van der Waals surface area contributed by atoms with Crippen LogP contribution in [0.4, 0.5) is 0 Å². The number of ketones is 1. The number of allylic oxidation sites excluding steroid dienone is 1. The zero-order valence-electron chi connectivity index (χ0n) is 23.9. The zero-order valence-corrected chi connectivity index (χ0v) is 23.9. The molecule has 0 aromatic carbocycles. The van der Waals surface area contributed by atoms with Gasteiger partial charge in [0.15, 0.2) is 5.78 Å². The van der Waals surface area contributed by atoms with Gasteiger partial charge in [-0.1, -0.05) is 32.4 Å². The van der Waals surface area contributed by atoms with E-state index in [0.717, 1.165) is 11.9 Å². The third-order valence-corrected chi connectivity index (χ3v) is 10.8. The van der Waals surface area contributed by atoms with E-state index in [1.807, 2.05) is 26.8 Å². The van der Waals surface area contributed by atoms with Gasteiger partial charge < -0.3 is 23.7 Å². The van der Waals surface area contributed by atoms with Crippen molar-refractivity contribution in [1.29, 1.82) is 0 Å². The van der Waals surface area contributed by atoms with Crippen molar-refractivity contribution >= 4 is 30.0 Å². The van der Waals surface area contributed by atoms with Gasteiger partial charge in [-0.25, -0.2) is 4.79 Å². The van der Waals surface area contributed by atoms with Crippen LogP contribution in [-0.2, 0) is 42.9 Å². The van der Waals surface area contributed by atoms with Gasteiger partial charge in [0, 0.05) is 17.8 Å². The molecular formula is C29H40O9. The SMILES string of the molecule is COC(=O)[C@@H]1[C@]2(C)CC[C@H]3C(C)(C)[C@@H](OC(C)=O)CC[C@]3(C=O)C2=C[C@]2(C)O[C@](C)(C(=O)OC)C(=O)[C@]12C. The lowest BCUT2D eigenvalue weighted by Crippen LogP contribution is -2.66. The molecule has 1 saturated heterocycles. The Bertz CT molecular complexity index is 1140. The Labute approximate surface area is 224 Å². The highest BCUT2D eigenvalue weighted by Crippen LogP contribution is 2.72. The Morgan fingerprint density at radius 1 is 1.00 bits per heavy atom. The minimum absolute atomic E-state index is 0.194. The average Bonchev–Trinajstić information content (AvgIpc) is 3.00. The second-order valence-corrected chi connectivity index (χ2v) is 12.9. The molecule has 0 N–H and O–H groups in total. The fraction of sp³-hybridized carbons (Fsp3) is 0.759. The van der Waals surface area contributed by atoms with Gasteiger partial charge in [0.05, 0.1) is 36.6 Å². The molecule has 1 heterocycles. The van der Waals surface area contributed by atoms with E-state index < -0.39 is 56.5 Å². The normalized spacial score (nSPS) is 45.0. The Morgan fingerprint density at radius 3 is 2.16 bits per heavy atom. The van der Waals surface area contributed by atoms with Gasteiger partial charge in [-0.15, -0.1) is 0 Å². The lowest BCUT2D eigenvalue weighted by molar-refractivity contribution is -0.188. The molecule has 0 unspecified atom stereocenters. The maximum Gasteiger partial charge on any atom is 0.345 e. The summed E-state index contributed by atoms with van der Waals surface area (Å²) in [5, 5.41) is 0. The first kappa shape index (κ1) is 28.5. The van der Waals surface area contributed by atoms with Crippen LogP contribution in [-0.4, -0.2) is 61.5 Å². The van der Waals surface area contributed by atoms with Crippen molar-refractivity contribution in [2.75, 3.05) is 14.2 Å². The minimum Gasteiger partial charge on any atom is -0.469 e. The molecular weight excluding hydrogens is 492 g/mol. The summed E-state index contributed by atoms with van der Waals surface area (Å²) in [5.41, 5.74) is -6.54. The summed E-state index contributed by atoms with van der Waals surface area (Å²) in [6.45, 7) is 12.1. The van der Waals surface area contributed by atoms with Gasteiger partial charge in [-0.2, -0.15) is 0 Å². The second kappa shape index (κ2) is 8.47. The molecule has 0 bridgehead atoms. The van der Waals surface area contributed by atoms with Crippen molar-refractivity contribution < 1.29 is 42.9 Å². The fourth-order valence-corrected chi connectivity index (χ4v) is 8.83. The third kappa shape index (κ3) is 3.23. The number of rotatable bonds is 4. The first-order valence-corrected chi connectivity index (χ1v) is 13.2. The maximum absolute atomic E-state index is 14.1. The number of Topliss-reactive ketones (excluding diaryl/α,β-unsaturated/α-hetero) is 1. The van der Waals surface area contributed by atoms with Crippen LogP contribution in [0.2, 0.25) is 0 Å². The van der Waals surface area contributed by atoms with Crippen molar-refractivity contribution in [3.05, 3.63) is 11.6 Å². The van der Waals surface area contributed by atoms with Crippen LogP contribution < -0.4 is 0 Å². The minimum atomic E-state index is -1.94. The highest BCUT2D eigenvalue weighted by atomic mass is 16.6. The van der Waals surface area contributed by atoms with E-state index in [0.29, 0.717) is 25.7 Å².